The number of rotatable bonds is 5. The first-order valence-corrected chi connectivity index (χ1v) is 17.6. The highest BCUT2D eigenvalue weighted by atomic mass is 16.5. The fourth-order valence-corrected chi connectivity index (χ4v) is 8.13. The standard InChI is InChI=1S/C48H32BNO/c1-4-17-33(18-5-1)37-23-10-11-24-38(37)36-31-44-47-46(32-36)51-45-30-15-13-28-42(45)49(47)41-27-12-14-29-43(41)50(44)48-39(34-19-6-2-7-20-34)25-16-26-40(48)35-21-8-3-9-22-35/h1-32H. The lowest BCUT2D eigenvalue weighted by atomic mass is 9.34. The van der Waals surface area contributed by atoms with E-state index in [0.717, 1.165) is 28.4 Å². The van der Waals surface area contributed by atoms with Gasteiger partial charge in [0.25, 0.3) is 6.71 Å². The van der Waals surface area contributed by atoms with Crippen molar-refractivity contribution >= 4 is 40.2 Å². The molecule has 51 heavy (non-hydrogen) atoms. The molecule has 10 rings (SSSR count). The summed E-state index contributed by atoms with van der Waals surface area (Å²) in [5.41, 5.74) is 16.4. The molecule has 0 saturated carbocycles. The molecule has 2 aliphatic heterocycles. The van der Waals surface area contributed by atoms with E-state index in [9.17, 15) is 0 Å². The minimum Gasteiger partial charge on any atom is -0.458 e. The number of benzene rings is 8. The fourth-order valence-electron chi connectivity index (χ4n) is 8.13. The van der Waals surface area contributed by atoms with Crippen LogP contribution in [0, 0.1) is 0 Å². The van der Waals surface area contributed by atoms with Crippen LogP contribution in [0.25, 0.3) is 44.5 Å². The Balaban J connectivity index is 1.32. The van der Waals surface area contributed by atoms with Gasteiger partial charge in [0.15, 0.2) is 0 Å². The van der Waals surface area contributed by atoms with Crippen molar-refractivity contribution in [3.05, 3.63) is 194 Å². The lowest BCUT2D eigenvalue weighted by Gasteiger charge is -2.41. The fraction of sp³-hybridized carbons (Fsp3) is 0. The maximum atomic E-state index is 6.93. The number of nitrogens with zero attached hydrogens (tertiary/aromatic N) is 1. The molecule has 0 fully saturated rings. The SMILES string of the molecule is c1ccc(-c2ccccc2-c2cc3c4c(c2)N(c2c(-c5ccccc5)cccc2-c2ccccc2)c2ccccc2B4c2ccccc2O3)cc1. The molecule has 0 N–H and O–H groups in total. The molecule has 3 heteroatoms. The van der Waals surface area contributed by atoms with Crippen LogP contribution >= 0.6 is 0 Å². The van der Waals surface area contributed by atoms with Gasteiger partial charge >= 0.3 is 0 Å². The van der Waals surface area contributed by atoms with Crippen LogP contribution in [0.15, 0.2) is 194 Å². The zero-order valence-electron chi connectivity index (χ0n) is 27.9. The monoisotopic (exact) mass is 649 g/mol. The number of para-hydroxylation sites is 3. The third-order valence-electron chi connectivity index (χ3n) is 10.3. The molecular formula is C48H32BNO. The molecule has 2 nitrogen and oxygen atoms in total. The van der Waals surface area contributed by atoms with Gasteiger partial charge in [-0.15, -0.1) is 0 Å². The summed E-state index contributed by atoms with van der Waals surface area (Å²) in [4.78, 5) is 2.52. The van der Waals surface area contributed by atoms with Crippen molar-refractivity contribution in [1.82, 2.24) is 0 Å². The van der Waals surface area contributed by atoms with Gasteiger partial charge in [-0.1, -0.05) is 170 Å². The summed E-state index contributed by atoms with van der Waals surface area (Å²) < 4.78 is 6.93. The van der Waals surface area contributed by atoms with Crippen LogP contribution in [0.1, 0.15) is 0 Å². The first-order valence-electron chi connectivity index (χ1n) is 17.6. The number of anilines is 3. The van der Waals surface area contributed by atoms with Gasteiger partial charge in [0.2, 0.25) is 0 Å². The lowest BCUT2D eigenvalue weighted by molar-refractivity contribution is 0.488. The van der Waals surface area contributed by atoms with Crippen LogP contribution in [0.5, 0.6) is 11.5 Å². The largest absolute Gasteiger partial charge is 0.458 e. The van der Waals surface area contributed by atoms with E-state index in [1.165, 1.54) is 61.0 Å². The van der Waals surface area contributed by atoms with Gasteiger partial charge in [0.05, 0.1) is 5.69 Å². The Hall–Kier alpha value is -6.58. The first kappa shape index (κ1) is 29.4. The molecule has 0 radical (unpaired) electrons. The molecule has 238 valence electrons. The van der Waals surface area contributed by atoms with Gasteiger partial charge < -0.3 is 9.64 Å². The topological polar surface area (TPSA) is 12.5 Å². The molecule has 0 aliphatic carbocycles. The van der Waals surface area contributed by atoms with Crippen molar-refractivity contribution in [2.45, 2.75) is 0 Å². The molecule has 0 saturated heterocycles. The Morgan fingerprint density at radius 3 is 1.49 bits per heavy atom. The van der Waals surface area contributed by atoms with Gasteiger partial charge in [-0.3, -0.25) is 0 Å². The van der Waals surface area contributed by atoms with Gasteiger partial charge in [-0.05, 0) is 74.0 Å². The number of ether oxygens (including phenoxy) is 1. The average molecular weight is 650 g/mol. The van der Waals surface area contributed by atoms with E-state index in [1.807, 2.05) is 0 Å². The second kappa shape index (κ2) is 12.1. The molecule has 0 bridgehead atoms. The molecule has 0 amide bonds. The second-order valence-corrected chi connectivity index (χ2v) is 13.2. The van der Waals surface area contributed by atoms with E-state index in [2.05, 4.69) is 199 Å². The third kappa shape index (κ3) is 4.81. The Morgan fingerprint density at radius 1 is 0.353 bits per heavy atom. The van der Waals surface area contributed by atoms with Crippen molar-refractivity contribution in [2.24, 2.45) is 0 Å². The van der Waals surface area contributed by atoms with E-state index < -0.39 is 0 Å². The maximum absolute atomic E-state index is 6.93. The second-order valence-electron chi connectivity index (χ2n) is 13.2. The molecule has 0 atom stereocenters. The predicted molar refractivity (Wildman–Crippen MR) is 214 cm³/mol. The van der Waals surface area contributed by atoms with Crippen molar-refractivity contribution in [1.29, 1.82) is 0 Å². The number of fused-ring (bicyclic) bond motifs is 4. The summed E-state index contributed by atoms with van der Waals surface area (Å²) in [7, 11) is 0. The van der Waals surface area contributed by atoms with Gasteiger partial charge in [0, 0.05) is 22.5 Å². The van der Waals surface area contributed by atoms with Crippen molar-refractivity contribution < 1.29 is 4.74 Å². The van der Waals surface area contributed by atoms with Gasteiger partial charge in [-0.2, -0.15) is 0 Å². The highest BCUT2D eigenvalue weighted by Crippen LogP contribution is 2.50. The van der Waals surface area contributed by atoms with Crippen LogP contribution in [-0.2, 0) is 0 Å². The summed E-state index contributed by atoms with van der Waals surface area (Å²) in [6.45, 7) is 0.0230. The Kier molecular flexibility index (Phi) is 6.95. The molecule has 2 heterocycles. The first-order chi connectivity index (χ1) is 25.3. The molecule has 0 unspecified atom stereocenters. The molecular weight excluding hydrogens is 617 g/mol. The van der Waals surface area contributed by atoms with Crippen molar-refractivity contribution in [3.8, 4) is 56.0 Å². The zero-order valence-corrected chi connectivity index (χ0v) is 27.9. The lowest BCUT2D eigenvalue weighted by Crippen LogP contribution is -2.59. The quantitative estimate of drug-likeness (QED) is 0.172. The summed E-state index contributed by atoms with van der Waals surface area (Å²) in [5.74, 6) is 1.80. The molecule has 8 aromatic carbocycles. The smallest absolute Gasteiger partial charge is 0.256 e. The van der Waals surface area contributed by atoms with E-state index in [1.54, 1.807) is 0 Å². The van der Waals surface area contributed by atoms with Gasteiger partial charge in [0.1, 0.15) is 11.5 Å². The van der Waals surface area contributed by atoms with Crippen LogP contribution in [0.2, 0.25) is 0 Å². The summed E-state index contributed by atoms with van der Waals surface area (Å²) in [5, 5.41) is 0. The third-order valence-corrected chi connectivity index (χ3v) is 10.3. The highest BCUT2D eigenvalue weighted by Gasteiger charge is 2.42. The Bertz CT molecular complexity index is 2510. The van der Waals surface area contributed by atoms with Crippen LogP contribution in [-0.4, -0.2) is 6.71 Å². The number of hydrogen-bond donors (Lipinski definition) is 0. The Morgan fingerprint density at radius 2 is 0.843 bits per heavy atom. The predicted octanol–water partition coefficient (Wildman–Crippen LogP) is 10.8. The van der Waals surface area contributed by atoms with E-state index in [0.29, 0.717) is 0 Å². The minimum absolute atomic E-state index is 0.0230. The summed E-state index contributed by atoms with van der Waals surface area (Å²) in [6.07, 6.45) is 0. The van der Waals surface area contributed by atoms with E-state index in [-0.39, 0.29) is 6.71 Å². The summed E-state index contributed by atoms with van der Waals surface area (Å²) >= 11 is 0. The highest BCUT2D eigenvalue weighted by molar-refractivity contribution is 6.99. The van der Waals surface area contributed by atoms with Crippen LogP contribution in [0.3, 0.4) is 0 Å². The van der Waals surface area contributed by atoms with E-state index >= 15 is 0 Å². The number of hydrogen-bond acceptors (Lipinski definition) is 2. The van der Waals surface area contributed by atoms with Gasteiger partial charge in [-0.25, -0.2) is 0 Å². The van der Waals surface area contributed by atoms with E-state index in [4.69, 9.17) is 4.74 Å². The maximum Gasteiger partial charge on any atom is 0.256 e. The molecule has 2 aliphatic rings. The van der Waals surface area contributed by atoms with Crippen LogP contribution in [0.4, 0.5) is 17.1 Å². The average Bonchev–Trinajstić information content (AvgIpc) is 3.21. The minimum atomic E-state index is 0.0230. The van der Waals surface area contributed by atoms with Crippen molar-refractivity contribution in [3.63, 3.8) is 0 Å². The normalized spacial score (nSPS) is 12.4. The molecule has 0 spiro atoms. The zero-order chi connectivity index (χ0) is 33.7. The van der Waals surface area contributed by atoms with Crippen LogP contribution < -0.4 is 26.0 Å². The molecule has 8 aromatic rings. The Labute approximate surface area is 299 Å². The summed E-state index contributed by atoms with van der Waals surface area (Å²) in [6, 6.07) is 69.8. The van der Waals surface area contributed by atoms with Crippen molar-refractivity contribution in [2.75, 3.05) is 4.90 Å². The molecule has 0 aromatic heterocycles.